The van der Waals surface area contributed by atoms with Gasteiger partial charge in [-0.3, -0.25) is 0 Å². The van der Waals surface area contributed by atoms with Gasteiger partial charge in [0.1, 0.15) is 12.2 Å². The largest absolute Gasteiger partial charge is 0.449 e. The van der Waals surface area contributed by atoms with Crippen molar-refractivity contribution in [3.8, 4) is 0 Å². The molecule has 7 nitrogen and oxygen atoms in total. The number of hydrogen-bond acceptors (Lipinski definition) is 6. The predicted octanol–water partition coefficient (Wildman–Crippen LogP) is 2.81. The average Bonchev–Trinajstić information content (AvgIpc) is 2.87. The van der Waals surface area contributed by atoms with Gasteiger partial charge >= 0.3 is 11.5 Å². The van der Waals surface area contributed by atoms with E-state index in [1.54, 1.807) is 17.1 Å². The van der Waals surface area contributed by atoms with Crippen molar-refractivity contribution in [1.29, 1.82) is 0 Å². The number of halogens is 1. The second-order valence-corrected chi connectivity index (χ2v) is 7.61. The van der Waals surface area contributed by atoms with E-state index in [4.69, 9.17) is 26.8 Å². The molecule has 0 aliphatic carbocycles. The summed E-state index contributed by atoms with van der Waals surface area (Å²) >= 11 is 5.07. The molecule has 25 heavy (non-hydrogen) atoms. The molecule has 0 saturated carbocycles. The fourth-order valence-electron chi connectivity index (χ4n) is 3.22. The summed E-state index contributed by atoms with van der Waals surface area (Å²) in [5.41, 5.74) is 4.28. The summed E-state index contributed by atoms with van der Waals surface area (Å²) in [4.78, 5) is 24.6. The van der Waals surface area contributed by atoms with Crippen molar-refractivity contribution in [1.82, 2.24) is 4.90 Å². The Morgan fingerprint density at radius 3 is 2.60 bits per heavy atom. The van der Waals surface area contributed by atoms with E-state index in [0.717, 1.165) is 19.3 Å². The summed E-state index contributed by atoms with van der Waals surface area (Å²) in [6.07, 6.45) is 6.10. The highest BCUT2D eigenvalue weighted by Crippen LogP contribution is 2.35. The molecule has 0 aromatic heterocycles. The molecule has 2 aliphatic rings. The molecule has 2 fully saturated rings. The average molecular weight is 375 g/mol. The van der Waals surface area contributed by atoms with Crippen LogP contribution in [0.1, 0.15) is 39.5 Å². The summed E-state index contributed by atoms with van der Waals surface area (Å²) in [6, 6.07) is 0.0993. The molecule has 1 amide bonds. The van der Waals surface area contributed by atoms with Crippen molar-refractivity contribution >= 4 is 23.1 Å². The molecule has 0 aromatic rings. The number of nitrogens with zero attached hydrogens (tertiary/aromatic N) is 1. The highest BCUT2D eigenvalue weighted by Gasteiger charge is 2.43. The van der Waals surface area contributed by atoms with E-state index in [0.29, 0.717) is 26.1 Å². The molecule has 2 aliphatic heterocycles. The molecule has 0 radical (unpaired) electrons. The lowest BCUT2D eigenvalue weighted by Crippen LogP contribution is -2.48. The van der Waals surface area contributed by atoms with Gasteiger partial charge in [-0.2, -0.15) is 0 Å². The van der Waals surface area contributed by atoms with E-state index in [1.807, 2.05) is 13.8 Å². The number of hydrogen-bond donors (Lipinski definition) is 1. The maximum Gasteiger partial charge on any atom is 0.410 e. The summed E-state index contributed by atoms with van der Waals surface area (Å²) in [7, 11) is 0. The van der Waals surface area contributed by atoms with Crippen molar-refractivity contribution in [2.45, 2.75) is 56.8 Å². The van der Waals surface area contributed by atoms with Crippen molar-refractivity contribution in [3.63, 3.8) is 0 Å². The first-order valence-electron chi connectivity index (χ1n) is 8.56. The van der Waals surface area contributed by atoms with Gasteiger partial charge < -0.3 is 24.8 Å². The molecular weight excluding hydrogens is 348 g/mol. The van der Waals surface area contributed by atoms with E-state index in [-0.39, 0.29) is 24.3 Å². The quantitative estimate of drug-likeness (QED) is 0.587. The molecule has 2 saturated heterocycles. The maximum absolute atomic E-state index is 12.4. The molecule has 1 atom stereocenters. The Hall–Kier alpha value is -1.31. The zero-order valence-corrected chi connectivity index (χ0v) is 15.6. The smallest absolute Gasteiger partial charge is 0.410 e. The third kappa shape index (κ3) is 6.17. The minimum Gasteiger partial charge on any atom is -0.449 e. The molecule has 2 heterocycles. The number of rotatable bonds is 5. The maximum atomic E-state index is 12.4. The van der Waals surface area contributed by atoms with E-state index in [9.17, 15) is 9.59 Å². The summed E-state index contributed by atoms with van der Waals surface area (Å²) in [5, 5.41) is 0. The van der Waals surface area contributed by atoms with Gasteiger partial charge in [0.25, 0.3) is 0 Å². The topological polar surface area (TPSA) is 91.1 Å². The standard InChI is InChI=1S/C17H27ClN2O5/c1-16(2,5-3-4-10-23-14(18)21)25-15(22)20-8-6-17(7-9-20)11-13(19)12-24-17/h3-4,13H,5-12,19H2,1-2H3/b4-3+. The third-order valence-electron chi connectivity index (χ3n) is 4.60. The second kappa shape index (κ2) is 8.38. The molecule has 8 heteroatoms. The summed E-state index contributed by atoms with van der Waals surface area (Å²) in [5.74, 6) is 0. The van der Waals surface area contributed by atoms with Crippen LogP contribution >= 0.6 is 11.6 Å². The van der Waals surface area contributed by atoms with Crippen LogP contribution < -0.4 is 5.73 Å². The lowest BCUT2D eigenvalue weighted by atomic mass is 9.88. The SMILES string of the molecule is CC(C)(C/C=C/COC(=O)Cl)OC(=O)N1CCC2(CC1)CC(N)CO2. The number of nitrogens with two attached hydrogens (primary N) is 1. The molecule has 2 rings (SSSR count). The number of carbonyl (C=O) groups excluding carboxylic acids is 2. The van der Waals surface area contributed by atoms with Crippen LogP contribution in [-0.2, 0) is 14.2 Å². The normalized spacial score (nSPS) is 23.2. The highest BCUT2D eigenvalue weighted by molar-refractivity contribution is 6.61. The fraction of sp³-hybridized carbons (Fsp3) is 0.765. The molecule has 2 N–H and O–H groups in total. The lowest BCUT2D eigenvalue weighted by molar-refractivity contribution is -0.0499. The van der Waals surface area contributed by atoms with Crippen LogP contribution in [0.5, 0.6) is 0 Å². The third-order valence-corrected chi connectivity index (χ3v) is 4.71. The van der Waals surface area contributed by atoms with Crippen LogP contribution in [0, 0.1) is 0 Å². The van der Waals surface area contributed by atoms with E-state index in [1.165, 1.54) is 0 Å². The molecule has 0 bridgehead atoms. The monoisotopic (exact) mass is 374 g/mol. The van der Waals surface area contributed by atoms with Gasteiger partial charge in [0.15, 0.2) is 0 Å². The molecule has 1 spiro atoms. The fourth-order valence-corrected chi connectivity index (χ4v) is 3.28. The van der Waals surface area contributed by atoms with E-state index < -0.39 is 11.0 Å². The summed E-state index contributed by atoms with van der Waals surface area (Å²) < 4.78 is 16.1. The number of likely N-dealkylation sites (tertiary alicyclic amines) is 1. The van der Waals surface area contributed by atoms with Gasteiger partial charge in [-0.25, -0.2) is 9.59 Å². The first-order valence-corrected chi connectivity index (χ1v) is 8.94. The van der Waals surface area contributed by atoms with E-state index in [2.05, 4.69) is 4.74 Å². The number of carbonyl (C=O) groups is 2. The van der Waals surface area contributed by atoms with Gasteiger partial charge in [-0.1, -0.05) is 12.2 Å². The van der Waals surface area contributed by atoms with Gasteiger partial charge in [-0.05, 0) is 33.1 Å². The van der Waals surface area contributed by atoms with Crippen molar-refractivity contribution in [2.75, 3.05) is 26.3 Å². The zero-order chi connectivity index (χ0) is 18.5. The Balaban J connectivity index is 1.74. The first-order chi connectivity index (χ1) is 11.7. The molecule has 0 aromatic carbocycles. The van der Waals surface area contributed by atoms with Crippen LogP contribution in [0.25, 0.3) is 0 Å². The number of piperidine rings is 1. The Bertz CT molecular complexity index is 515. The Labute approximate surface area is 153 Å². The van der Waals surface area contributed by atoms with Gasteiger partial charge in [-0.15, -0.1) is 0 Å². The van der Waals surface area contributed by atoms with Gasteiger partial charge in [0, 0.05) is 37.2 Å². The number of ether oxygens (including phenoxy) is 3. The van der Waals surface area contributed by atoms with Crippen LogP contribution in [0.15, 0.2) is 12.2 Å². The Morgan fingerprint density at radius 2 is 2.04 bits per heavy atom. The van der Waals surface area contributed by atoms with Gasteiger partial charge in [0.2, 0.25) is 0 Å². The first kappa shape index (κ1) is 20.0. The Morgan fingerprint density at radius 1 is 1.36 bits per heavy atom. The Kier molecular flexibility index (Phi) is 6.71. The lowest BCUT2D eigenvalue weighted by Gasteiger charge is -2.39. The number of amides is 1. The second-order valence-electron chi connectivity index (χ2n) is 7.30. The minimum absolute atomic E-state index is 0.0993. The summed E-state index contributed by atoms with van der Waals surface area (Å²) in [6.45, 7) is 5.61. The highest BCUT2D eigenvalue weighted by atomic mass is 35.5. The van der Waals surface area contributed by atoms with Crippen LogP contribution in [-0.4, -0.2) is 60.0 Å². The van der Waals surface area contributed by atoms with Crippen LogP contribution in [0.3, 0.4) is 0 Å². The van der Waals surface area contributed by atoms with Crippen molar-refractivity contribution in [2.24, 2.45) is 5.73 Å². The van der Waals surface area contributed by atoms with Crippen molar-refractivity contribution in [3.05, 3.63) is 12.2 Å². The van der Waals surface area contributed by atoms with Crippen LogP contribution in [0.4, 0.5) is 9.59 Å². The van der Waals surface area contributed by atoms with Gasteiger partial charge in [0.05, 0.1) is 12.2 Å². The molecule has 142 valence electrons. The van der Waals surface area contributed by atoms with Crippen molar-refractivity contribution < 1.29 is 23.8 Å². The zero-order valence-electron chi connectivity index (χ0n) is 14.8. The minimum atomic E-state index is -0.842. The van der Waals surface area contributed by atoms with Crippen LogP contribution in [0.2, 0.25) is 0 Å². The molecule has 1 unspecified atom stereocenters. The predicted molar refractivity (Wildman–Crippen MR) is 93.6 cm³/mol. The van der Waals surface area contributed by atoms with E-state index >= 15 is 0 Å². The molecular formula is C17H27ClN2O5.